The maximum atomic E-state index is 13.4. The van der Waals surface area contributed by atoms with Crippen LogP contribution in [0.3, 0.4) is 0 Å². The van der Waals surface area contributed by atoms with E-state index < -0.39 is 0 Å². The number of para-hydroxylation sites is 1. The Morgan fingerprint density at radius 2 is 1.76 bits per heavy atom. The van der Waals surface area contributed by atoms with Gasteiger partial charge in [-0.15, -0.1) is 0 Å². The number of carbonyl (C=O) groups excluding carboxylic acids is 1. The molecule has 0 spiro atoms. The molecule has 0 bridgehead atoms. The Labute approximate surface area is 132 Å². The van der Waals surface area contributed by atoms with Crippen molar-refractivity contribution in [3.63, 3.8) is 0 Å². The number of anilines is 1. The minimum Gasteiger partial charge on any atom is -0.335 e. The molecule has 110 valence electrons. The monoisotopic (exact) mass is 327 g/mol. The summed E-state index contributed by atoms with van der Waals surface area (Å²) >= 11 is 11.9. The van der Waals surface area contributed by atoms with Gasteiger partial charge in [-0.05, 0) is 18.2 Å². The zero-order valence-corrected chi connectivity index (χ0v) is 12.6. The van der Waals surface area contributed by atoms with Crippen LogP contribution in [0.25, 0.3) is 0 Å². The molecule has 0 aliphatic carbocycles. The van der Waals surface area contributed by atoms with Crippen LogP contribution in [0, 0.1) is 5.82 Å². The van der Waals surface area contributed by atoms with Crippen LogP contribution < -0.4 is 10.6 Å². The van der Waals surface area contributed by atoms with Gasteiger partial charge in [0.15, 0.2) is 6.54 Å². The molecule has 1 amide bonds. The molecule has 0 fully saturated rings. The number of nitrogens with one attached hydrogen (secondary N) is 1. The molecule has 0 heterocycles. The lowest BCUT2D eigenvalue weighted by atomic mass is 10.2. The van der Waals surface area contributed by atoms with Crippen molar-refractivity contribution in [2.45, 2.75) is 6.54 Å². The summed E-state index contributed by atoms with van der Waals surface area (Å²) in [5.74, 6) is -0.523. The van der Waals surface area contributed by atoms with Gasteiger partial charge in [0.2, 0.25) is 0 Å². The molecule has 0 unspecified atom stereocenters. The first-order valence-corrected chi connectivity index (χ1v) is 7.12. The molecule has 2 aromatic rings. The van der Waals surface area contributed by atoms with Gasteiger partial charge in [0.25, 0.3) is 5.91 Å². The molecular weight excluding hydrogens is 314 g/mol. The van der Waals surface area contributed by atoms with Crippen LogP contribution in [0.1, 0.15) is 5.56 Å². The van der Waals surface area contributed by atoms with E-state index in [4.69, 9.17) is 23.2 Å². The summed E-state index contributed by atoms with van der Waals surface area (Å²) < 4.78 is 13.4. The molecule has 2 aromatic carbocycles. The molecule has 0 aromatic heterocycles. The van der Waals surface area contributed by atoms with Gasteiger partial charge in [-0.25, -0.2) is 4.39 Å². The van der Waals surface area contributed by atoms with Gasteiger partial charge in [0.1, 0.15) is 12.4 Å². The second kappa shape index (κ2) is 7.41. The highest BCUT2D eigenvalue weighted by molar-refractivity contribution is 6.39. The fraction of sp³-hybridized carbons (Fsp3) is 0.133. The molecule has 0 atom stereocenters. The van der Waals surface area contributed by atoms with E-state index in [1.807, 2.05) is 0 Å². The summed E-state index contributed by atoms with van der Waals surface area (Å²) in [4.78, 5) is 11.8. The average molecular weight is 328 g/mol. The highest BCUT2D eigenvalue weighted by Crippen LogP contribution is 2.29. The predicted octanol–water partition coefficient (Wildman–Crippen LogP) is 2.83. The van der Waals surface area contributed by atoms with Crippen LogP contribution in [0.2, 0.25) is 10.0 Å². The van der Waals surface area contributed by atoms with Crippen molar-refractivity contribution in [3.8, 4) is 0 Å². The minimum atomic E-state index is -0.275. The van der Waals surface area contributed by atoms with Crippen LogP contribution in [-0.4, -0.2) is 12.5 Å². The van der Waals surface area contributed by atoms with Crippen molar-refractivity contribution in [2.75, 3.05) is 11.9 Å². The molecule has 0 saturated carbocycles. The third-order valence-corrected chi connectivity index (χ3v) is 3.51. The molecule has 21 heavy (non-hydrogen) atoms. The van der Waals surface area contributed by atoms with Crippen LogP contribution in [0.15, 0.2) is 42.5 Å². The second-order valence-corrected chi connectivity index (χ2v) is 5.25. The lowest BCUT2D eigenvalue weighted by Gasteiger charge is -2.08. The smallest absolute Gasteiger partial charge is 0.279 e. The Bertz CT molecular complexity index is 629. The molecule has 0 aliphatic heterocycles. The average Bonchev–Trinajstić information content (AvgIpc) is 2.45. The quantitative estimate of drug-likeness (QED) is 0.871. The van der Waals surface area contributed by atoms with Crippen LogP contribution in [-0.2, 0) is 11.3 Å². The summed E-state index contributed by atoms with van der Waals surface area (Å²) in [5.41, 5.74) is 0.950. The zero-order chi connectivity index (χ0) is 15.2. The Kier molecular flexibility index (Phi) is 5.56. The summed E-state index contributed by atoms with van der Waals surface area (Å²) in [6.07, 6.45) is 0. The number of amides is 1. The maximum Gasteiger partial charge on any atom is 0.279 e. The normalized spacial score (nSPS) is 10.4. The van der Waals surface area contributed by atoms with E-state index in [0.717, 1.165) is 0 Å². The topological polar surface area (TPSA) is 45.7 Å². The van der Waals surface area contributed by atoms with E-state index in [0.29, 0.717) is 27.8 Å². The van der Waals surface area contributed by atoms with Crippen molar-refractivity contribution in [1.82, 2.24) is 0 Å². The molecule has 0 saturated heterocycles. The Morgan fingerprint density at radius 1 is 1.10 bits per heavy atom. The molecule has 0 aliphatic rings. The van der Waals surface area contributed by atoms with Crippen LogP contribution in [0.4, 0.5) is 10.1 Å². The summed E-state index contributed by atoms with van der Waals surface area (Å²) in [6.45, 7) is 0.534. The Morgan fingerprint density at radius 3 is 2.43 bits per heavy atom. The molecule has 6 heteroatoms. The standard InChI is InChI=1S/C15H13Cl2FN2O/c16-11-5-3-6-12(17)15(11)20-14(21)9-19-8-10-4-1-2-7-13(10)18/h1-7,19H,8-9H2,(H,20,21)/p+1. The number of halogens is 3. The van der Waals surface area contributed by atoms with Crippen molar-refractivity contribution in [3.05, 3.63) is 63.9 Å². The second-order valence-electron chi connectivity index (χ2n) is 4.43. The number of rotatable bonds is 5. The SMILES string of the molecule is O=C(C[NH2+]Cc1ccccc1F)Nc1c(Cl)cccc1Cl. The van der Waals surface area contributed by atoms with Gasteiger partial charge >= 0.3 is 0 Å². The minimum absolute atomic E-state index is 0.149. The van der Waals surface area contributed by atoms with Gasteiger partial charge in [-0.2, -0.15) is 0 Å². The van der Waals surface area contributed by atoms with E-state index >= 15 is 0 Å². The van der Waals surface area contributed by atoms with E-state index in [-0.39, 0.29) is 18.3 Å². The molecule has 3 N–H and O–H groups in total. The maximum absolute atomic E-state index is 13.4. The fourth-order valence-corrected chi connectivity index (χ4v) is 2.32. The largest absolute Gasteiger partial charge is 0.335 e. The lowest BCUT2D eigenvalue weighted by Crippen LogP contribution is -2.84. The summed E-state index contributed by atoms with van der Waals surface area (Å²) in [6, 6.07) is 11.5. The van der Waals surface area contributed by atoms with Gasteiger partial charge in [-0.1, -0.05) is 47.5 Å². The molecular formula is C15H14Cl2FN2O+. The Hall–Kier alpha value is -1.62. The third-order valence-electron chi connectivity index (χ3n) is 2.88. The molecule has 3 nitrogen and oxygen atoms in total. The first kappa shape index (κ1) is 15.8. The van der Waals surface area contributed by atoms with Crippen molar-refractivity contribution in [2.24, 2.45) is 0 Å². The first-order chi connectivity index (χ1) is 10.1. The molecule has 2 rings (SSSR count). The zero-order valence-electron chi connectivity index (χ0n) is 11.1. The van der Waals surface area contributed by atoms with Crippen LogP contribution in [0.5, 0.6) is 0 Å². The van der Waals surface area contributed by atoms with E-state index in [9.17, 15) is 9.18 Å². The third kappa shape index (κ3) is 4.43. The highest BCUT2D eigenvalue weighted by Gasteiger charge is 2.11. The first-order valence-electron chi connectivity index (χ1n) is 6.37. The van der Waals surface area contributed by atoms with Gasteiger partial charge in [-0.3, -0.25) is 4.79 Å². The molecule has 0 radical (unpaired) electrons. The Balaban J connectivity index is 1.87. The lowest BCUT2D eigenvalue weighted by molar-refractivity contribution is -0.659. The number of benzene rings is 2. The predicted molar refractivity (Wildman–Crippen MR) is 82.0 cm³/mol. The van der Waals surface area contributed by atoms with Crippen LogP contribution >= 0.6 is 23.2 Å². The van der Waals surface area contributed by atoms with E-state index in [2.05, 4.69) is 5.32 Å². The number of hydrogen-bond acceptors (Lipinski definition) is 1. The van der Waals surface area contributed by atoms with E-state index in [1.165, 1.54) is 6.07 Å². The van der Waals surface area contributed by atoms with Gasteiger partial charge in [0, 0.05) is 5.56 Å². The number of nitrogens with two attached hydrogens (primary N) is 1. The van der Waals surface area contributed by atoms with Crippen molar-refractivity contribution >= 4 is 34.8 Å². The number of carbonyl (C=O) groups is 1. The van der Waals surface area contributed by atoms with Gasteiger partial charge < -0.3 is 10.6 Å². The highest BCUT2D eigenvalue weighted by atomic mass is 35.5. The summed E-state index contributed by atoms with van der Waals surface area (Å²) in [7, 11) is 0. The van der Waals surface area contributed by atoms with Crippen molar-refractivity contribution < 1.29 is 14.5 Å². The fourth-order valence-electron chi connectivity index (χ4n) is 1.83. The number of quaternary nitrogens is 1. The van der Waals surface area contributed by atoms with E-state index in [1.54, 1.807) is 41.7 Å². The number of hydrogen-bond donors (Lipinski definition) is 2. The van der Waals surface area contributed by atoms with Gasteiger partial charge in [0.05, 0.1) is 15.7 Å². The summed E-state index contributed by atoms with van der Waals surface area (Å²) in [5, 5.41) is 5.12. The van der Waals surface area contributed by atoms with Crippen molar-refractivity contribution in [1.29, 1.82) is 0 Å².